The lowest BCUT2D eigenvalue weighted by Crippen LogP contribution is -2.31. The van der Waals surface area contributed by atoms with Crippen LogP contribution in [0, 0.1) is 0 Å². The van der Waals surface area contributed by atoms with Crippen molar-refractivity contribution in [1.82, 2.24) is 0 Å². The van der Waals surface area contributed by atoms with Crippen LogP contribution < -0.4 is 0 Å². The molecule has 0 spiro atoms. The summed E-state index contributed by atoms with van der Waals surface area (Å²) >= 11 is 0. The summed E-state index contributed by atoms with van der Waals surface area (Å²) in [6.45, 7) is 8.61. The fourth-order valence-corrected chi connectivity index (χ4v) is 1.24. The van der Waals surface area contributed by atoms with Crippen LogP contribution in [0.1, 0.15) is 47.0 Å². The molecule has 0 radical (unpaired) electrons. The molecule has 1 unspecified atom stereocenters. The second-order valence-electron chi connectivity index (χ2n) is 3.75. The molecule has 14 heavy (non-hydrogen) atoms. The zero-order chi connectivity index (χ0) is 11.0. The summed E-state index contributed by atoms with van der Waals surface area (Å²) in [5, 5.41) is 9.27. The van der Waals surface area contributed by atoms with Crippen LogP contribution in [0.3, 0.4) is 0 Å². The molecule has 1 atom stereocenters. The monoisotopic (exact) mass is 204 g/mol. The zero-order valence-electron chi connectivity index (χ0n) is 9.88. The maximum absolute atomic E-state index is 9.27. The number of aliphatic hydroxyl groups is 1. The van der Waals surface area contributed by atoms with Crippen molar-refractivity contribution in [2.75, 3.05) is 13.2 Å². The van der Waals surface area contributed by atoms with Crippen molar-refractivity contribution in [3.05, 3.63) is 0 Å². The predicted octanol–water partition coefficient (Wildman–Crippen LogP) is 2.33. The number of ether oxygens (including phenoxy) is 2. The Morgan fingerprint density at radius 3 is 2.43 bits per heavy atom. The van der Waals surface area contributed by atoms with Gasteiger partial charge in [-0.3, -0.25) is 0 Å². The summed E-state index contributed by atoms with van der Waals surface area (Å²) < 4.78 is 10.6. The first kappa shape index (κ1) is 13.9. The third kappa shape index (κ3) is 7.30. The Bertz CT molecular complexity index is 123. The third-order valence-corrected chi connectivity index (χ3v) is 1.90. The molecule has 86 valence electrons. The molecule has 3 heteroatoms. The lowest BCUT2D eigenvalue weighted by molar-refractivity contribution is -0.198. The second kappa shape index (κ2) is 7.21. The molecule has 1 saturated heterocycles. The van der Waals surface area contributed by atoms with Crippen LogP contribution in [0.15, 0.2) is 0 Å². The third-order valence-electron chi connectivity index (χ3n) is 1.90. The van der Waals surface area contributed by atoms with Gasteiger partial charge >= 0.3 is 0 Å². The molecule has 1 N–H and O–H groups in total. The first-order valence-electron chi connectivity index (χ1n) is 5.56. The van der Waals surface area contributed by atoms with Gasteiger partial charge in [-0.25, -0.2) is 0 Å². The molecule has 0 aromatic rings. The van der Waals surface area contributed by atoms with Crippen molar-refractivity contribution in [1.29, 1.82) is 0 Å². The van der Waals surface area contributed by atoms with Gasteiger partial charge in [0.05, 0.1) is 12.7 Å². The molecule has 1 rings (SSSR count). The van der Waals surface area contributed by atoms with E-state index in [4.69, 9.17) is 9.47 Å². The second-order valence-corrected chi connectivity index (χ2v) is 3.75. The quantitative estimate of drug-likeness (QED) is 0.717. The topological polar surface area (TPSA) is 38.7 Å². The SMILES string of the molecule is CC.CC(C)(O)OCC1CCCCO1. The molecule has 1 fully saturated rings. The molecule has 0 aromatic carbocycles. The maximum atomic E-state index is 9.27. The molecule has 1 heterocycles. The Morgan fingerprint density at radius 2 is 2.00 bits per heavy atom. The molecule has 3 nitrogen and oxygen atoms in total. The van der Waals surface area contributed by atoms with E-state index < -0.39 is 5.79 Å². The van der Waals surface area contributed by atoms with Crippen molar-refractivity contribution in [2.45, 2.75) is 58.8 Å². The van der Waals surface area contributed by atoms with Gasteiger partial charge in [-0.2, -0.15) is 0 Å². The van der Waals surface area contributed by atoms with Crippen LogP contribution in [0.5, 0.6) is 0 Å². The number of rotatable bonds is 3. The first-order valence-corrected chi connectivity index (χ1v) is 5.56. The van der Waals surface area contributed by atoms with Crippen LogP contribution in [-0.4, -0.2) is 30.2 Å². The largest absolute Gasteiger partial charge is 0.376 e. The van der Waals surface area contributed by atoms with E-state index in [2.05, 4.69) is 0 Å². The summed E-state index contributed by atoms with van der Waals surface area (Å²) in [6.07, 6.45) is 3.60. The summed E-state index contributed by atoms with van der Waals surface area (Å²) in [7, 11) is 0. The minimum atomic E-state index is -1.03. The van der Waals surface area contributed by atoms with E-state index >= 15 is 0 Å². The van der Waals surface area contributed by atoms with Crippen LogP contribution in [-0.2, 0) is 9.47 Å². The van der Waals surface area contributed by atoms with E-state index in [1.54, 1.807) is 13.8 Å². The summed E-state index contributed by atoms with van der Waals surface area (Å²) in [5.74, 6) is -1.03. The molecule has 0 bridgehead atoms. The van der Waals surface area contributed by atoms with Crippen molar-refractivity contribution in [3.63, 3.8) is 0 Å². The fraction of sp³-hybridized carbons (Fsp3) is 1.00. The van der Waals surface area contributed by atoms with E-state index in [1.165, 1.54) is 6.42 Å². The summed E-state index contributed by atoms with van der Waals surface area (Å²) in [4.78, 5) is 0. The van der Waals surface area contributed by atoms with E-state index in [-0.39, 0.29) is 6.10 Å². The average Bonchev–Trinajstić information content (AvgIpc) is 2.19. The lowest BCUT2D eigenvalue weighted by Gasteiger charge is -2.26. The number of hydrogen-bond donors (Lipinski definition) is 1. The minimum absolute atomic E-state index is 0.185. The lowest BCUT2D eigenvalue weighted by atomic mass is 10.1. The molecule has 0 amide bonds. The van der Waals surface area contributed by atoms with Gasteiger partial charge < -0.3 is 14.6 Å². The summed E-state index contributed by atoms with van der Waals surface area (Å²) in [6, 6.07) is 0. The standard InChI is InChI=1S/C9H18O3.C2H6/c1-9(2,10)12-7-8-5-3-4-6-11-8;1-2/h8,10H,3-7H2,1-2H3;1-2H3. The molecule has 1 aliphatic rings. The Morgan fingerprint density at radius 1 is 1.36 bits per heavy atom. The molecule has 0 aromatic heterocycles. The summed E-state index contributed by atoms with van der Waals surface area (Å²) in [5.41, 5.74) is 0. The highest BCUT2D eigenvalue weighted by Crippen LogP contribution is 2.14. The predicted molar refractivity (Wildman–Crippen MR) is 57.2 cm³/mol. The van der Waals surface area contributed by atoms with E-state index in [0.717, 1.165) is 19.4 Å². The highest BCUT2D eigenvalue weighted by Gasteiger charge is 2.19. The van der Waals surface area contributed by atoms with E-state index in [0.29, 0.717) is 6.61 Å². The smallest absolute Gasteiger partial charge is 0.159 e. The molecule has 0 aliphatic carbocycles. The fourth-order valence-electron chi connectivity index (χ4n) is 1.24. The van der Waals surface area contributed by atoms with Gasteiger partial charge in [0.1, 0.15) is 0 Å². The maximum Gasteiger partial charge on any atom is 0.159 e. The highest BCUT2D eigenvalue weighted by molar-refractivity contribution is 4.63. The Kier molecular flexibility index (Phi) is 7.15. The highest BCUT2D eigenvalue weighted by atomic mass is 16.6. The molecular weight excluding hydrogens is 180 g/mol. The van der Waals surface area contributed by atoms with Gasteiger partial charge in [-0.1, -0.05) is 13.8 Å². The Labute approximate surface area is 87.4 Å². The van der Waals surface area contributed by atoms with Gasteiger partial charge in [0.25, 0.3) is 0 Å². The van der Waals surface area contributed by atoms with Crippen molar-refractivity contribution < 1.29 is 14.6 Å². The van der Waals surface area contributed by atoms with E-state index in [1.807, 2.05) is 13.8 Å². The Balaban J connectivity index is 0.000000791. The van der Waals surface area contributed by atoms with Gasteiger partial charge in [0, 0.05) is 6.61 Å². The van der Waals surface area contributed by atoms with Crippen molar-refractivity contribution in [3.8, 4) is 0 Å². The molecule has 1 aliphatic heterocycles. The zero-order valence-corrected chi connectivity index (χ0v) is 9.88. The Hall–Kier alpha value is -0.120. The average molecular weight is 204 g/mol. The van der Waals surface area contributed by atoms with Crippen LogP contribution in [0.4, 0.5) is 0 Å². The molecular formula is C11H24O3. The van der Waals surface area contributed by atoms with Gasteiger partial charge in [0.2, 0.25) is 0 Å². The van der Waals surface area contributed by atoms with Gasteiger partial charge in [0.15, 0.2) is 5.79 Å². The molecule has 0 saturated carbocycles. The normalized spacial score (nSPS) is 22.5. The minimum Gasteiger partial charge on any atom is -0.376 e. The number of hydrogen-bond acceptors (Lipinski definition) is 3. The van der Waals surface area contributed by atoms with Gasteiger partial charge in [-0.05, 0) is 33.1 Å². The van der Waals surface area contributed by atoms with Crippen molar-refractivity contribution >= 4 is 0 Å². The van der Waals surface area contributed by atoms with Crippen molar-refractivity contribution in [2.24, 2.45) is 0 Å². The first-order chi connectivity index (χ1) is 6.58. The van der Waals surface area contributed by atoms with Crippen LogP contribution >= 0.6 is 0 Å². The van der Waals surface area contributed by atoms with Crippen LogP contribution in [0.2, 0.25) is 0 Å². The van der Waals surface area contributed by atoms with Gasteiger partial charge in [-0.15, -0.1) is 0 Å². The van der Waals surface area contributed by atoms with E-state index in [9.17, 15) is 5.11 Å². The van der Waals surface area contributed by atoms with Crippen LogP contribution in [0.25, 0.3) is 0 Å².